The van der Waals surface area contributed by atoms with Crippen LogP contribution in [-0.4, -0.2) is 41.5 Å². The van der Waals surface area contributed by atoms with Crippen molar-refractivity contribution < 1.29 is 9.59 Å². The number of fused-ring (bicyclic) bond motifs is 1. The third-order valence-electron chi connectivity index (χ3n) is 4.89. The van der Waals surface area contributed by atoms with Gasteiger partial charge in [-0.25, -0.2) is 0 Å². The predicted molar refractivity (Wildman–Crippen MR) is 120 cm³/mol. The Bertz CT molecular complexity index is 1070. The fraction of sp³-hybridized carbons (Fsp3) is 0.261. The van der Waals surface area contributed by atoms with Crippen LogP contribution in [0.1, 0.15) is 28.5 Å². The number of nitrogens with zero attached hydrogens (tertiary/aromatic N) is 2. The number of aromatic nitrogens is 1. The summed E-state index contributed by atoms with van der Waals surface area (Å²) in [5.41, 5.74) is 3.94. The normalized spacial score (nSPS) is 10.8. The molecule has 3 aromatic rings. The van der Waals surface area contributed by atoms with Crippen molar-refractivity contribution in [2.45, 2.75) is 25.2 Å². The van der Waals surface area contributed by atoms with Crippen molar-refractivity contribution in [3.63, 3.8) is 0 Å². The molecule has 1 aromatic heterocycles. The van der Waals surface area contributed by atoms with Crippen molar-refractivity contribution in [2.75, 3.05) is 25.2 Å². The van der Waals surface area contributed by atoms with E-state index in [1.807, 2.05) is 68.6 Å². The van der Waals surface area contributed by atoms with Crippen molar-refractivity contribution in [1.29, 1.82) is 0 Å². The number of anilines is 1. The van der Waals surface area contributed by atoms with Gasteiger partial charge in [-0.3, -0.25) is 14.6 Å². The van der Waals surface area contributed by atoms with Crippen LogP contribution in [0.5, 0.6) is 0 Å². The molecule has 0 bridgehead atoms. The Morgan fingerprint density at radius 3 is 2.52 bits per heavy atom. The molecule has 150 valence electrons. The first-order valence-electron chi connectivity index (χ1n) is 9.52. The number of rotatable bonds is 6. The zero-order valence-electron chi connectivity index (χ0n) is 17.2. The molecule has 0 aliphatic heterocycles. The molecule has 1 N–H and O–H groups in total. The number of hydrogen-bond donors (Lipinski definition) is 1. The van der Waals surface area contributed by atoms with Crippen LogP contribution in [0.2, 0.25) is 0 Å². The van der Waals surface area contributed by atoms with Crippen molar-refractivity contribution >= 4 is 40.2 Å². The summed E-state index contributed by atoms with van der Waals surface area (Å²) in [6.07, 6.45) is 2.70. The zero-order valence-corrected chi connectivity index (χ0v) is 18.0. The lowest BCUT2D eigenvalue weighted by Gasteiger charge is -2.20. The van der Waals surface area contributed by atoms with E-state index >= 15 is 0 Å². The minimum atomic E-state index is -0.228. The second kappa shape index (κ2) is 9.09. The van der Waals surface area contributed by atoms with Crippen LogP contribution < -0.4 is 5.32 Å². The number of thioether (sulfide) groups is 1. The highest BCUT2D eigenvalue weighted by Gasteiger charge is 2.22. The van der Waals surface area contributed by atoms with Crippen molar-refractivity contribution in [2.24, 2.45) is 0 Å². The quantitative estimate of drug-likeness (QED) is 0.610. The molecular formula is C23H25N3O2S. The van der Waals surface area contributed by atoms with Gasteiger partial charge in [0.05, 0.1) is 23.3 Å². The standard InChI is InChI=1S/C23H25N3O2S/c1-5-17-15(2)22(16-10-6-7-11-18(16)24-17)23(28)26(3)14-21(27)25-19-12-8-9-13-20(19)29-4/h6-13H,5,14H2,1-4H3,(H,25,27). The molecule has 3 rings (SSSR count). The molecule has 0 spiro atoms. The largest absolute Gasteiger partial charge is 0.332 e. The van der Waals surface area contributed by atoms with Gasteiger partial charge in [0.1, 0.15) is 0 Å². The molecule has 0 unspecified atom stereocenters. The van der Waals surface area contributed by atoms with Crippen LogP contribution in [0.4, 0.5) is 5.69 Å². The van der Waals surface area contributed by atoms with E-state index in [4.69, 9.17) is 0 Å². The highest BCUT2D eigenvalue weighted by atomic mass is 32.2. The topological polar surface area (TPSA) is 62.3 Å². The van der Waals surface area contributed by atoms with Crippen molar-refractivity contribution in [1.82, 2.24) is 9.88 Å². The molecule has 1 heterocycles. The number of nitrogens with one attached hydrogen (secondary N) is 1. The number of carbonyl (C=O) groups is 2. The lowest BCUT2D eigenvalue weighted by atomic mass is 9.99. The maximum atomic E-state index is 13.3. The number of benzene rings is 2. The van der Waals surface area contributed by atoms with Crippen molar-refractivity contribution in [3.05, 3.63) is 65.4 Å². The minimum absolute atomic E-state index is 0.0287. The summed E-state index contributed by atoms with van der Waals surface area (Å²) in [6.45, 7) is 3.92. The summed E-state index contributed by atoms with van der Waals surface area (Å²) in [6, 6.07) is 15.3. The van der Waals surface area contributed by atoms with Crippen LogP contribution in [0.3, 0.4) is 0 Å². The van der Waals surface area contributed by atoms with Gasteiger partial charge in [0.2, 0.25) is 5.91 Å². The summed E-state index contributed by atoms with van der Waals surface area (Å²) < 4.78 is 0. The van der Waals surface area contributed by atoms with Crippen LogP contribution >= 0.6 is 11.8 Å². The van der Waals surface area contributed by atoms with E-state index in [-0.39, 0.29) is 18.4 Å². The van der Waals surface area contributed by atoms with E-state index in [1.165, 1.54) is 4.90 Å². The Balaban J connectivity index is 1.85. The van der Waals surface area contributed by atoms with Gasteiger partial charge in [-0.2, -0.15) is 0 Å². The van der Waals surface area contributed by atoms with Gasteiger partial charge in [-0.05, 0) is 43.4 Å². The number of pyridine rings is 1. The van der Waals surface area contributed by atoms with Crippen LogP contribution in [0, 0.1) is 6.92 Å². The maximum absolute atomic E-state index is 13.3. The third-order valence-corrected chi connectivity index (χ3v) is 5.69. The third kappa shape index (κ3) is 4.43. The second-order valence-corrected chi connectivity index (χ2v) is 7.69. The van der Waals surface area contributed by atoms with E-state index in [1.54, 1.807) is 18.8 Å². The fourth-order valence-corrected chi connectivity index (χ4v) is 3.95. The highest BCUT2D eigenvalue weighted by molar-refractivity contribution is 7.98. The molecule has 0 radical (unpaired) electrons. The first kappa shape index (κ1) is 20.9. The van der Waals surface area contributed by atoms with Crippen LogP contribution in [-0.2, 0) is 11.2 Å². The van der Waals surface area contributed by atoms with Crippen LogP contribution in [0.25, 0.3) is 10.9 Å². The Morgan fingerprint density at radius 2 is 1.79 bits per heavy atom. The van der Waals surface area contributed by atoms with Crippen molar-refractivity contribution in [3.8, 4) is 0 Å². The average molecular weight is 408 g/mol. The Hall–Kier alpha value is -2.86. The van der Waals surface area contributed by atoms with Gasteiger partial charge < -0.3 is 10.2 Å². The molecule has 0 aliphatic rings. The van der Waals surface area contributed by atoms with Gasteiger partial charge in [-0.1, -0.05) is 37.3 Å². The predicted octanol–water partition coefficient (Wildman–Crippen LogP) is 4.54. The zero-order chi connectivity index (χ0) is 21.0. The second-order valence-electron chi connectivity index (χ2n) is 6.84. The first-order chi connectivity index (χ1) is 14.0. The van der Waals surface area contributed by atoms with E-state index in [0.29, 0.717) is 5.56 Å². The minimum Gasteiger partial charge on any atom is -0.332 e. The number of carbonyl (C=O) groups excluding carboxylic acids is 2. The number of aryl methyl sites for hydroxylation is 1. The van der Waals surface area contributed by atoms with Gasteiger partial charge in [-0.15, -0.1) is 11.8 Å². The molecule has 0 aliphatic carbocycles. The van der Waals surface area contributed by atoms with Crippen LogP contribution in [0.15, 0.2) is 53.4 Å². The summed E-state index contributed by atoms with van der Waals surface area (Å²) in [7, 11) is 1.66. The molecule has 0 saturated heterocycles. The monoisotopic (exact) mass is 407 g/mol. The smallest absolute Gasteiger partial charge is 0.255 e. The Kier molecular flexibility index (Phi) is 6.54. The number of amides is 2. The molecular weight excluding hydrogens is 382 g/mol. The molecule has 0 atom stereocenters. The lowest BCUT2D eigenvalue weighted by Crippen LogP contribution is -2.35. The first-order valence-corrected chi connectivity index (χ1v) is 10.7. The number of likely N-dealkylation sites (N-methyl/N-ethyl adjacent to an activating group) is 1. The number of hydrogen-bond acceptors (Lipinski definition) is 4. The lowest BCUT2D eigenvalue weighted by molar-refractivity contribution is -0.116. The highest BCUT2D eigenvalue weighted by Crippen LogP contribution is 2.26. The molecule has 0 saturated carbocycles. The van der Waals surface area contributed by atoms with Gasteiger partial charge in [0, 0.05) is 23.0 Å². The number of para-hydroxylation sites is 2. The van der Waals surface area contributed by atoms with Gasteiger partial charge in [0.25, 0.3) is 5.91 Å². The van der Waals surface area contributed by atoms with Gasteiger partial charge in [0.15, 0.2) is 0 Å². The summed E-state index contributed by atoms with van der Waals surface area (Å²) >= 11 is 1.56. The molecule has 5 nitrogen and oxygen atoms in total. The molecule has 6 heteroatoms. The Labute approximate surface area is 175 Å². The summed E-state index contributed by atoms with van der Waals surface area (Å²) in [4.78, 5) is 33.0. The summed E-state index contributed by atoms with van der Waals surface area (Å²) in [5.74, 6) is -0.404. The summed E-state index contributed by atoms with van der Waals surface area (Å²) in [5, 5.41) is 3.72. The Morgan fingerprint density at radius 1 is 1.10 bits per heavy atom. The average Bonchev–Trinajstić information content (AvgIpc) is 2.73. The van der Waals surface area contributed by atoms with E-state index < -0.39 is 0 Å². The fourth-order valence-electron chi connectivity index (χ4n) is 3.39. The van der Waals surface area contributed by atoms with E-state index in [9.17, 15) is 9.59 Å². The molecule has 29 heavy (non-hydrogen) atoms. The van der Waals surface area contributed by atoms with E-state index in [0.717, 1.165) is 39.2 Å². The molecule has 0 fully saturated rings. The maximum Gasteiger partial charge on any atom is 0.255 e. The molecule has 2 aromatic carbocycles. The van der Waals surface area contributed by atoms with Gasteiger partial charge >= 0.3 is 0 Å². The van der Waals surface area contributed by atoms with E-state index in [2.05, 4.69) is 10.3 Å². The SMILES string of the molecule is CCc1nc2ccccc2c(C(=O)N(C)CC(=O)Nc2ccccc2SC)c1C. The molecule has 2 amide bonds.